The first kappa shape index (κ1) is 18.7. The lowest BCUT2D eigenvalue weighted by molar-refractivity contribution is -0.135. The maximum atomic E-state index is 12.4. The van der Waals surface area contributed by atoms with Gasteiger partial charge in [0, 0.05) is 39.6 Å². The van der Waals surface area contributed by atoms with Crippen molar-refractivity contribution in [1.29, 1.82) is 0 Å². The molecule has 6 nitrogen and oxygen atoms in total. The van der Waals surface area contributed by atoms with E-state index in [4.69, 9.17) is 9.47 Å². The highest BCUT2D eigenvalue weighted by Gasteiger charge is 2.47. The molecule has 0 radical (unpaired) electrons. The van der Waals surface area contributed by atoms with Crippen LogP contribution in [-0.2, 0) is 14.3 Å². The molecule has 2 aliphatic heterocycles. The van der Waals surface area contributed by atoms with E-state index in [1.165, 1.54) is 5.56 Å². The maximum absolute atomic E-state index is 12.4. The number of rotatable bonds is 6. The van der Waals surface area contributed by atoms with Gasteiger partial charge in [0.1, 0.15) is 5.60 Å². The monoisotopic (exact) mass is 360 g/mol. The van der Waals surface area contributed by atoms with Gasteiger partial charge >= 0.3 is 6.09 Å². The molecule has 6 heteroatoms. The number of benzene rings is 1. The second kappa shape index (κ2) is 8.08. The van der Waals surface area contributed by atoms with Crippen molar-refractivity contribution in [2.24, 2.45) is 0 Å². The zero-order valence-electron chi connectivity index (χ0n) is 15.6. The van der Waals surface area contributed by atoms with E-state index in [9.17, 15) is 9.59 Å². The summed E-state index contributed by atoms with van der Waals surface area (Å²) in [5.74, 6) is 0.371. The van der Waals surface area contributed by atoms with E-state index in [2.05, 4.69) is 19.1 Å². The maximum Gasteiger partial charge on any atom is 0.410 e. The molecular weight excluding hydrogens is 332 g/mol. The van der Waals surface area contributed by atoms with Crippen molar-refractivity contribution in [3.05, 3.63) is 35.9 Å². The quantitative estimate of drug-likeness (QED) is 0.782. The van der Waals surface area contributed by atoms with Gasteiger partial charge in [-0.05, 0) is 11.5 Å². The average molecular weight is 360 g/mol. The molecule has 1 spiro atoms. The summed E-state index contributed by atoms with van der Waals surface area (Å²) in [6.07, 6.45) is 1.58. The van der Waals surface area contributed by atoms with E-state index < -0.39 is 5.60 Å². The van der Waals surface area contributed by atoms with Gasteiger partial charge in [0.05, 0.1) is 19.6 Å². The van der Waals surface area contributed by atoms with Crippen LogP contribution >= 0.6 is 0 Å². The van der Waals surface area contributed by atoms with Gasteiger partial charge in [0.15, 0.2) is 0 Å². The third-order valence-electron chi connectivity index (χ3n) is 5.45. The van der Waals surface area contributed by atoms with Crippen LogP contribution in [0.3, 0.4) is 0 Å². The Hall–Kier alpha value is -2.08. The second-order valence-corrected chi connectivity index (χ2v) is 7.37. The van der Waals surface area contributed by atoms with Crippen molar-refractivity contribution in [1.82, 2.24) is 9.80 Å². The number of carbonyl (C=O) groups excluding carboxylic acids is 2. The number of likely N-dealkylation sites (tertiary alicyclic amines) is 1. The molecule has 0 saturated carbocycles. The summed E-state index contributed by atoms with van der Waals surface area (Å²) in [5, 5.41) is 0. The van der Waals surface area contributed by atoms with Gasteiger partial charge in [-0.1, -0.05) is 37.3 Å². The van der Waals surface area contributed by atoms with E-state index >= 15 is 0 Å². The lowest BCUT2D eigenvalue weighted by Crippen LogP contribution is -2.49. The van der Waals surface area contributed by atoms with Gasteiger partial charge in [-0.15, -0.1) is 0 Å². The summed E-state index contributed by atoms with van der Waals surface area (Å²) < 4.78 is 10.7. The predicted octanol–water partition coefficient (Wildman–Crippen LogP) is 2.64. The molecule has 3 rings (SSSR count). The molecule has 0 N–H and O–H groups in total. The van der Waals surface area contributed by atoms with Crippen molar-refractivity contribution in [2.45, 2.75) is 37.7 Å². The fourth-order valence-electron chi connectivity index (χ4n) is 3.82. The molecule has 0 aromatic heterocycles. The highest BCUT2D eigenvalue weighted by atomic mass is 16.6. The third kappa shape index (κ3) is 4.18. The number of nitrogens with zero attached hydrogens (tertiary/aromatic N) is 2. The molecule has 2 saturated heterocycles. The Balaban J connectivity index is 1.54. The van der Waals surface area contributed by atoms with E-state index in [0.717, 1.165) is 0 Å². The molecule has 0 aliphatic carbocycles. The van der Waals surface area contributed by atoms with Gasteiger partial charge in [-0.3, -0.25) is 4.79 Å². The van der Waals surface area contributed by atoms with Crippen molar-refractivity contribution < 1.29 is 19.1 Å². The summed E-state index contributed by atoms with van der Waals surface area (Å²) in [4.78, 5) is 28.2. The van der Waals surface area contributed by atoms with Crippen LogP contribution in [0, 0.1) is 0 Å². The summed E-state index contributed by atoms with van der Waals surface area (Å²) >= 11 is 0. The number of ether oxygens (including phenoxy) is 2. The molecule has 1 aromatic rings. The van der Waals surface area contributed by atoms with Crippen LogP contribution in [0.5, 0.6) is 0 Å². The largest absolute Gasteiger partial charge is 0.441 e. The van der Waals surface area contributed by atoms with Gasteiger partial charge < -0.3 is 19.3 Å². The zero-order valence-corrected chi connectivity index (χ0v) is 15.6. The molecule has 142 valence electrons. The Morgan fingerprint density at radius 3 is 2.62 bits per heavy atom. The molecule has 2 aliphatic rings. The van der Waals surface area contributed by atoms with Crippen LogP contribution in [-0.4, -0.2) is 67.3 Å². The third-order valence-corrected chi connectivity index (χ3v) is 5.45. The Bertz CT molecular complexity index is 626. The minimum Gasteiger partial charge on any atom is -0.441 e. The first-order valence-electron chi connectivity index (χ1n) is 9.32. The van der Waals surface area contributed by atoms with Crippen molar-refractivity contribution in [3.8, 4) is 0 Å². The second-order valence-electron chi connectivity index (χ2n) is 7.37. The minimum atomic E-state index is -0.439. The van der Waals surface area contributed by atoms with Crippen molar-refractivity contribution >= 4 is 12.0 Å². The Labute approximate surface area is 155 Å². The Morgan fingerprint density at radius 1 is 1.27 bits per heavy atom. The predicted molar refractivity (Wildman–Crippen MR) is 97.9 cm³/mol. The Morgan fingerprint density at radius 2 is 1.96 bits per heavy atom. The van der Waals surface area contributed by atoms with Gasteiger partial charge in [0.2, 0.25) is 5.91 Å². The van der Waals surface area contributed by atoms with E-state index in [0.29, 0.717) is 52.0 Å². The van der Waals surface area contributed by atoms with Crippen LogP contribution in [0.15, 0.2) is 30.3 Å². The molecule has 2 fully saturated rings. The number of piperidine rings is 1. The number of carbonyl (C=O) groups is 2. The van der Waals surface area contributed by atoms with E-state index in [1.54, 1.807) is 7.11 Å². The lowest BCUT2D eigenvalue weighted by Gasteiger charge is -2.37. The fraction of sp³-hybridized carbons (Fsp3) is 0.600. The normalized spacial score (nSPS) is 20.3. The molecule has 2 amide bonds. The number of amides is 2. The van der Waals surface area contributed by atoms with Gasteiger partial charge in [-0.25, -0.2) is 4.79 Å². The number of hydrogen-bond donors (Lipinski definition) is 0. The fourth-order valence-corrected chi connectivity index (χ4v) is 3.82. The molecule has 0 unspecified atom stereocenters. The SMILES string of the molecule is COCCC(=O)N1CCC2(CC1)CN(C[C@@H](C)c1ccccc1)C(=O)O2. The van der Waals surface area contributed by atoms with E-state index in [1.807, 2.05) is 28.0 Å². The first-order valence-corrected chi connectivity index (χ1v) is 9.32. The minimum absolute atomic E-state index is 0.112. The summed E-state index contributed by atoms with van der Waals surface area (Å²) in [6.45, 7) is 5.12. The smallest absolute Gasteiger partial charge is 0.410 e. The van der Waals surface area contributed by atoms with Crippen LogP contribution in [0.25, 0.3) is 0 Å². The topological polar surface area (TPSA) is 59.1 Å². The highest BCUT2D eigenvalue weighted by molar-refractivity contribution is 5.76. The van der Waals surface area contributed by atoms with Gasteiger partial charge in [-0.2, -0.15) is 0 Å². The summed E-state index contributed by atoms with van der Waals surface area (Å²) in [5.41, 5.74) is 0.783. The van der Waals surface area contributed by atoms with Gasteiger partial charge in [0.25, 0.3) is 0 Å². The Kier molecular flexibility index (Phi) is 5.81. The molecular formula is C20H28N2O4. The summed E-state index contributed by atoms with van der Waals surface area (Å²) in [6, 6.07) is 10.2. The van der Waals surface area contributed by atoms with Crippen LogP contribution in [0.4, 0.5) is 4.79 Å². The molecule has 1 aromatic carbocycles. The van der Waals surface area contributed by atoms with E-state index in [-0.39, 0.29) is 17.9 Å². The standard InChI is InChI=1S/C20H28N2O4/c1-16(17-6-4-3-5-7-17)14-22-15-20(26-19(22)24)9-11-21(12-10-20)18(23)8-13-25-2/h3-7,16H,8-15H2,1-2H3/t16-/m1/s1. The summed E-state index contributed by atoms with van der Waals surface area (Å²) in [7, 11) is 1.60. The van der Waals surface area contributed by atoms with Crippen LogP contribution in [0.1, 0.15) is 37.7 Å². The average Bonchev–Trinajstić information content (AvgIpc) is 2.95. The van der Waals surface area contributed by atoms with Crippen molar-refractivity contribution in [2.75, 3.05) is 39.9 Å². The molecule has 26 heavy (non-hydrogen) atoms. The first-order chi connectivity index (χ1) is 12.5. The highest BCUT2D eigenvalue weighted by Crippen LogP contribution is 2.34. The zero-order chi connectivity index (χ0) is 18.6. The lowest BCUT2D eigenvalue weighted by atomic mass is 9.90. The van der Waals surface area contributed by atoms with Crippen molar-refractivity contribution in [3.63, 3.8) is 0 Å². The molecule has 2 heterocycles. The van der Waals surface area contributed by atoms with Crippen LogP contribution in [0.2, 0.25) is 0 Å². The van der Waals surface area contributed by atoms with Crippen LogP contribution < -0.4 is 0 Å². The molecule has 1 atom stereocenters. The molecule has 0 bridgehead atoms. The number of methoxy groups -OCH3 is 1. The number of hydrogen-bond acceptors (Lipinski definition) is 4.